The highest BCUT2D eigenvalue weighted by atomic mass is 16.5. The molecule has 1 aromatic carbocycles. The Labute approximate surface area is 115 Å². The predicted octanol–water partition coefficient (Wildman–Crippen LogP) is 1.81. The van der Waals surface area contributed by atoms with Crippen molar-refractivity contribution in [2.24, 2.45) is 5.73 Å². The number of rotatable bonds is 5. The molecule has 1 aromatic rings. The molecule has 0 aromatic heterocycles. The summed E-state index contributed by atoms with van der Waals surface area (Å²) in [5.74, 6) is 0.942. The van der Waals surface area contributed by atoms with Gasteiger partial charge in [-0.25, -0.2) is 0 Å². The second-order valence-corrected chi connectivity index (χ2v) is 4.69. The maximum absolute atomic E-state index is 5.88. The SMILES string of the molecule is CCOc1ccccc1C1C(CN)OCCN1CC. The van der Waals surface area contributed by atoms with E-state index >= 15 is 0 Å². The largest absolute Gasteiger partial charge is 0.494 e. The van der Waals surface area contributed by atoms with E-state index in [0.717, 1.165) is 25.4 Å². The average Bonchev–Trinajstić information content (AvgIpc) is 2.47. The Morgan fingerprint density at radius 3 is 2.84 bits per heavy atom. The molecule has 0 radical (unpaired) electrons. The van der Waals surface area contributed by atoms with Gasteiger partial charge in [-0.3, -0.25) is 4.90 Å². The molecule has 0 aliphatic carbocycles. The summed E-state index contributed by atoms with van der Waals surface area (Å²) in [5, 5.41) is 0. The lowest BCUT2D eigenvalue weighted by Gasteiger charge is -2.41. The Morgan fingerprint density at radius 1 is 1.37 bits per heavy atom. The summed E-state index contributed by atoms with van der Waals surface area (Å²) in [7, 11) is 0. The van der Waals surface area contributed by atoms with Gasteiger partial charge in [0.1, 0.15) is 5.75 Å². The van der Waals surface area contributed by atoms with Crippen molar-refractivity contribution >= 4 is 0 Å². The van der Waals surface area contributed by atoms with Gasteiger partial charge in [0.25, 0.3) is 0 Å². The lowest BCUT2D eigenvalue weighted by atomic mass is 9.97. The molecule has 4 heteroatoms. The molecule has 1 fully saturated rings. The van der Waals surface area contributed by atoms with E-state index < -0.39 is 0 Å². The van der Waals surface area contributed by atoms with Crippen molar-refractivity contribution in [3.8, 4) is 5.75 Å². The first-order valence-electron chi connectivity index (χ1n) is 7.09. The van der Waals surface area contributed by atoms with E-state index in [2.05, 4.69) is 17.9 Å². The van der Waals surface area contributed by atoms with Crippen LogP contribution in [0.5, 0.6) is 5.75 Å². The second-order valence-electron chi connectivity index (χ2n) is 4.69. The van der Waals surface area contributed by atoms with Crippen LogP contribution in [-0.4, -0.2) is 43.9 Å². The van der Waals surface area contributed by atoms with Crippen molar-refractivity contribution in [3.05, 3.63) is 29.8 Å². The summed E-state index contributed by atoms with van der Waals surface area (Å²) in [6.45, 7) is 8.07. The third kappa shape index (κ3) is 3.08. The van der Waals surface area contributed by atoms with Crippen LogP contribution in [0.15, 0.2) is 24.3 Å². The first kappa shape index (κ1) is 14.3. The van der Waals surface area contributed by atoms with Gasteiger partial charge in [-0.1, -0.05) is 25.1 Å². The average molecular weight is 264 g/mol. The molecule has 1 saturated heterocycles. The summed E-state index contributed by atoms with van der Waals surface area (Å²) in [6, 6.07) is 8.39. The first-order valence-corrected chi connectivity index (χ1v) is 7.09. The molecule has 2 unspecified atom stereocenters. The standard InChI is InChI=1S/C15H24N2O2/c1-3-17-9-10-19-14(11-16)15(17)12-7-5-6-8-13(12)18-4-2/h5-8,14-15H,3-4,9-11,16H2,1-2H3. The Bertz CT molecular complexity index is 385. The molecule has 0 saturated carbocycles. The highest BCUT2D eigenvalue weighted by Crippen LogP contribution is 2.34. The molecule has 2 N–H and O–H groups in total. The molecule has 0 bridgehead atoms. The van der Waals surface area contributed by atoms with E-state index in [1.54, 1.807) is 0 Å². The van der Waals surface area contributed by atoms with Crippen molar-refractivity contribution in [2.75, 3.05) is 32.8 Å². The number of para-hydroxylation sites is 1. The predicted molar refractivity (Wildman–Crippen MR) is 76.4 cm³/mol. The Morgan fingerprint density at radius 2 is 2.16 bits per heavy atom. The minimum atomic E-state index is 0.0373. The van der Waals surface area contributed by atoms with Crippen LogP contribution in [0, 0.1) is 0 Å². The molecule has 0 spiro atoms. The summed E-state index contributed by atoms with van der Waals surface area (Å²) in [6.07, 6.45) is 0.0373. The summed E-state index contributed by atoms with van der Waals surface area (Å²) < 4.78 is 11.6. The van der Waals surface area contributed by atoms with Gasteiger partial charge in [0, 0.05) is 18.7 Å². The van der Waals surface area contributed by atoms with Crippen LogP contribution in [0.3, 0.4) is 0 Å². The minimum absolute atomic E-state index is 0.0373. The zero-order valence-corrected chi connectivity index (χ0v) is 11.8. The van der Waals surface area contributed by atoms with Crippen LogP contribution >= 0.6 is 0 Å². The molecular formula is C15H24N2O2. The molecule has 1 aliphatic heterocycles. The number of hydrogen-bond acceptors (Lipinski definition) is 4. The highest BCUT2D eigenvalue weighted by molar-refractivity contribution is 5.37. The normalized spacial score (nSPS) is 24.4. The number of likely N-dealkylation sites (N-methyl/N-ethyl adjacent to an activating group) is 1. The zero-order chi connectivity index (χ0) is 13.7. The molecule has 1 aliphatic rings. The van der Waals surface area contributed by atoms with Gasteiger partial charge in [0.05, 0.1) is 25.4 Å². The fourth-order valence-electron chi connectivity index (χ4n) is 2.75. The molecule has 2 atom stereocenters. The number of morpholine rings is 1. The third-order valence-electron chi connectivity index (χ3n) is 3.63. The fraction of sp³-hybridized carbons (Fsp3) is 0.600. The van der Waals surface area contributed by atoms with E-state index in [1.165, 1.54) is 5.56 Å². The van der Waals surface area contributed by atoms with Crippen molar-refractivity contribution < 1.29 is 9.47 Å². The van der Waals surface area contributed by atoms with Gasteiger partial charge in [-0.15, -0.1) is 0 Å². The smallest absolute Gasteiger partial charge is 0.124 e. The van der Waals surface area contributed by atoms with E-state index in [4.69, 9.17) is 15.2 Å². The van der Waals surface area contributed by atoms with Crippen LogP contribution < -0.4 is 10.5 Å². The van der Waals surface area contributed by atoms with Gasteiger partial charge < -0.3 is 15.2 Å². The van der Waals surface area contributed by atoms with Gasteiger partial charge >= 0.3 is 0 Å². The monoisotopic (exact) mass is 264 g/mol. The zero-order valence-electron chi connectivity index (χ0n) is 11.8. The maximum Gasteiger partial charge on any atom is 0.124 e. The third-order valence-corrected chi connectivity index (χ3v) is 3.63. The Balaban J connectivity index is 2.34. The molecule has 4 nitrogen and oxygen atoms in total. The summed E-state index contributed by atoms with van der Waals surface area (Å²) >= 11 is 0. The highest BCUT2D eigenvalue weighted by Gasteiger charge is 2.33. The van der Waals surface area contributed by atoms with Gasteiger partial charge in [0.15, 0.2) is 0 Å². The lowest BCUT2D eigenvalue weighted by Crippen LogP contribution is -2.48. The minimum Gasteiger partial charge on any atom is -0.494 e. The topological polar surface area (TPSA) is 47.7 Å². The number of ether oxygens (including phenoxy) is 2. The summed E-state index contributed by atoms with van der Waals surface area (Å²) in [4.78, 5) is 2.42. The van der Waals surface area contributed by atoms with Crippen molar-refractivity contribution in [1.29, 1.82) is 0 Å². The molecule has 1 heterocycles. The number of benzene rings is 1. The first-order chi connectivity index (χ1) is 9.31. The van der Waals surface area contributed by atoms with E-state index in [0.29, 0.717) is 13.2 Å². The fourth-order valence-corrected chi connectivity index (χ4v) is 2.75. The van der Waals surface area contributed by atoms with Crippen LogP contribution in [0.25, 0.3) is 0 Å². The van der Waals surface area contributed by atoms with Gasteiger partial charge in [-0.2, -0.15) is 0 Å². The molecule has 19 heavy (non-hydrogen) atoms. The van der Waals surface area contributed by atoms with E-state index in [9.17, 15) is 0 Å². The van der Waals surface area contributed by atoms with Crippen LogP contribution in [0.2, 0.25) is 0 Å². The van der Waals surface area contributed by atoms with Gasteiger partial charge in [0.2, 0.25) is 0 Å². The molecule has 2 rings (SSSR count). The van der Waals surface area contributed by atoms with Gasteiger partial charge in [-0.05, 0) is 19.5 Å². The van der Waals surface area contributed by atoms with Crippen molar-refractivity contribution in [1.82, 2.24) is 4.90 Å². The second kappa shape index (κ2) is 6.89. The van der Waals surface area contributed by atoms with E-state index in [-0.39, 0.29) is 12.1 Å². The quantitative estimate of drug-likeness (QED) is 0.881. The number of nitrogens with two attached hydrogens (primary N) is 1. The number of nitrogens with zero attached hydrogens (tertiary/aromatic N) is 1. The molecular weight excluding hydrogens is 240 g/mol. The van der Waals surface area contributed by atoms with E-state index in [1.807, 2.05) is 25.1 Å². The lowest BCUT2D eigenvalue weighted by molar-refractivity contribution is -0.0664. The molecule has 106 valence electrons. The molecule has 0 amide bonds. The van der Waals surface area contributed by atoms with Crippen LogP contribution in [0.4, 0.5) is 0 Å². The van der Waals surface area contributed by atoms with Crippen molar-refractivity contribution in [2.45, 2.75) is 26.0 Å². The van der Waals surface area contributed by atoms with Crippen molar-refractivity contribution in [3.63, 3.8) is 0 Å². The summed E-state index contributed by atoms with van der Waals surface area (Å²) in [5.41, 5.74) is 7.06. The number of hydrogen-bond donors (Lipinski definition) is 1. The van der Waals surface area contributed by atoms with Crippen LogP contribution in [0.1, 0.15) is 25.5 Å². The Kier molecular flexibility index (Phi) is 5.19. The van der Waals surface area contributed by atoms with Crippen LogP contribution in [-0.2, 0) is 4.74 Å². The Hall–Kier alpha value is -1.10. The maximum atomic E-state index is 5.88.